The molecule has 12 aromatic rings. The topological polar surface area (TPSA) is 162 Å². The first-order valence-electron chi connectivity index (χ1n) is 30.3. The van der Waals surface area contributed by atoms with Crippen molar-refractivity contribution in [3.63, 3.8) is 0 Å². The summed E-state index contributed by atoms with van der Waals surface area (Å²) < 4.78 is 0. The van der Waals surface area contributed by atoms with Crippen molar-refractivity contribution in [1.29, 1.82) is 0 Å². The Morgan fingerprint density at radius 2 is 0.198 bits per heavy atom. The zero-order valence-electron chi connectivity index (χ0n) is 53.7. The normalized spacial score (nSPS) is 9.88. The number of aliphatic hydroxyl groups is 8. The van der Waals surface area contributed by atoms with Gasteiger partial charge in [-0.05, 0) is 173 Å². The van der Waals surface area contributed by atoms with Crippen LogP contribution in [-0.4, -0.2) is 66.0 Å². The van der Waals surface area contributed by atoms with Crippen LogP contribution < -0.4 is 63.7 Å². The molecule has 12 aromatic carbocycles. The molecule has 0 aromatic heterocycles. The van der Waals surface area contributed by atoms with Crippen LogP contribution in [0.3, 0.4) is 0 Å². The van der Waals surface area contributed by atoms with Crippen LogP contribution in [-0.2, 0) is 89.5 Å². The second-order valence-corrected chi connectivity index (χ2v) is 30.3. The Morgan fingerprint density at radius 1 is 0.146 bits per heavy atom. The van der Waals surface area contributed by atoms with Gasteiger partial charge in [0, 0.05) is 89.5 Å². The summed E-state index contributed by atoms with van der Waals surface area (Å²) >= 11 is 0. The van der Waals surface area contributed by atoms with Crippen LogP contribution in [0.4, 0.5) is 0 Å². The van der Waals surface area contributed by atoms with E-state index in [0.29, 0.717) is 0 Å². The Morgan fingerprint density at radius 3 is 0.250 bits per heavy atom. The first kappa shape index (κ1) is 89.0. The number of hydrogen-bond acceptors (Lipinski definition) is 8. The molecule has 0 amide bonds. The van der Waals surface area contributed by atoms with Crippen molar-refractivity contribution in [1.82, 2.24) is 0 Å². The van der Waals surface area contributed by atoms with Crippen molar-refractivity contribution in [2.45, 2.75) is 52.9 Å². The van der Waals surface area contributed by atoms with Gasteiger partial charge in [0.25, 0.3) is 0 Å². The molecule has 0 aliphatic rings. The maximum absolute atomic E-state index is 7.61. The van der Waals surface area contributed by atoms with E-state index < -0.39 is 56.8 Å². The van der Waals surface area contributed by atoms with Crippen molar-refractivity contribution in [2.24, 2.45) is 0 Å². The van der Waals surface area contributed by atoms with Crippen molar-refractivity contribution in [3.8, 4) is 0 Å². The average Bonchev–Trinajstić information content (AvgIpc) is 0.876. The molecule has 0 saturated heterocycles. The summed E-state index contributed by atoms with van der Waals surface area (Å²) in [6.45, 7) is 5.11. The molecule has 96 heavy (non-hydrogen) atoms. The van der Waals surface area contributed by atoms with E-state index in [1.165, 1.54) is 91.3 Å². The Kier molecular flexibility index (Phi) is 50.0. The smallest absolute Gasteiger partial charge is 0.148 e. The van der Waals surface area contributed by atoms with Gasteiger partial charge in [0.05, 0.1) is 31.7 Å². The summed E-state index contributed by atoms with van der Waals surface area (Å²) in [5, 5.41) is 78.1. The first-order chi connectivity index (χ1) is 44.7. The van der Waals surface area contributed by atoms with Crippen LogP contribution in [0.1, 0.15) is 27.7 Å². The molecule has 0 spiro atoms. The molecular weight excluding hydrogens is 1640 g/mol. The van der Waals surface area contributed by atoms with E-state index in [1.807, 2.05) is 0 Å². The van der Waals surface area contributed by atoms with Gasteiger partial charge in [0.1, 0.15) is 88.8 Å². The van der Waals surface area contributed by atoms with Gasteiger partial charge < -0.3 is 40.9 Å². The molecule has 16 heteroatoms. The van der Waals surface area contributed by atoms with Crippen LogP contribution in [0.25, 0.3) is 0 Å². The van der Waals surface area contributed by atoms with Gasteiger partial charge in [-0.1, -0.05) is 218 Å². The molecule has 0 unspecified atom stereocenters. The number of hydrogen-bond donors (Lipinski definition) is 8. The fourth-order valence-corrected chi connectivity index (χ4v) is 19.6. The van der Waals surface area contributed by atoms with E-state index in [2.05, 4.69) is 364 Å². The van der Waals surface area contributed by atoms with Crippen LogP contribution in [0.2, 0.25) is 0 Å². The molecule has 8 N–H and O–H groups in total. The van der Waals surface area contributed by atoms with Crippen molar-refractivity contribution < 1.29 is 130 Å². The molecule has 0 bridgehead atoms. The molecule has 4 radical (unpaired) electrons. The quantitative estimate of drug-likeness (QED) is 0.0341. The van der Waals surface area contributed by atoms with Gasteiger partial charge in [0.2, 0.25) is 0 Å². The fraction of sp³-hybridized carbons (Fsp3) is 0.100. The molecule has 0 aliphatic carbocycles. The Balaban J connectivity index is 0.000000586. The van der Waals surface area contributed by atoms with Gasteiger partial charge >= 0.3 is 0 Å². The third-order valence-corrected chi connectivity index (χ3v) is 23.7. The Bertz CT molecular complexity index is 2810. The van der Waals surface area contributed by atoms with Crippen LogP contribution >= 0.6 is 31.7 Å². The number of rotatable bonds is 12. The van der Waals surface area contributed by atoms with Gasteiger partial charge in [-0.3, -0.25) is 0 Å². The largest absolute Gasteiger partial charge is 0.368 e. The third kappa shape index (κ3) is 35.7. The van der Waals surface area contributed by atoms with Crippen LogP contribution in [0, 0.1) is 0 Å². The van der Waals surface area contributed by atoms with E-state index >= 15 is 0 Å². The first-order valence-corrected chi connectivity index (χ1v) is 36.3. The number of benzene rings is 12. The number of aliphatic hydroxyl groups excluding tert-OH is 4. The summed E-state index contributed by atoms with van der Waals surface area (Å²) in [6.07, 6.45) is -4.67. The van der Waals surface area contributed by atoms with Gasteiger partial charge in [-0.15, -0.1) is 0 Å². The predicted octanol–water partition coefficient (Wildman–Crippen LogP) is 9.97. The summed E-state index contributed by atoms with van der Waals surface area (Å²) in [7, 11) is -3.51. The van der Waals surface area contributed by atoms with Crippen molar-refractivity contribution >= 4 is 95.3 Å². The van der Waals surface area contributed by atoms with E-state index in [-0.39, 0.29) is 89.5 Å². The molecule has 0 heterocycles. The van der Waals surface area contributed by atoms with E-state index in [4.69, 9.17) is 40.9 Å². The molecule has 8 nitrogen and oxygen atoms in total. The summed E-state index contributed by atoms with van der Waals surface area (Å²) in [6, 6.07) is 130. The molecular formula is C80H88Ag4O8P4+4. The van der Waals surface area contributed by atoms with Gasteiger partial charge in [0.15, 0.2) is 0 Å². The summed E-state index contributed by atoms with van der Waals surface area (Å²) in [5.74, 6) is 0. The average molecular weight is 1730 g/mol. The zero-order chi connectivity index (χ0) is 66.0. The monoisotopic (exact) mass is 1730 g/mol. The van der Waals surface area contributed by atoms with Gasteiger partial charge in [-0.25, -0.2) is 0 Å². The van der Waals surface area contributed by atoms with E-state index in [1.54, 1.807) is 0 Å². The molecule has 12 rings (SSSR count). The van der Waals surface area contributed by atoms with Crippen molar-refractivity contribution in [3.05, 3.63) is 364 Å². The standard InChI is InChI=1S/4C18H15P.4C2H6O2.4Ag/c4*1-4-10-16(11-5-1)19(17-12-6-2-7-13-17)18-14-8-3-9-15-18;4*1-2(3)4;;;;/h4*1-15H;4*2-4H,1H3;;;;/p+4. The molecule has 516 valence electrons. The van der Waals surface area contributed by atoms with Crippen LogP contribution in [0.15, 0.2) is 364 Å². The summed E-state index contributed by atoms with van der Waals surface area (Å²) in [4.78, 5) is 0. The predicted molar refractivity (Wildman–Crippen MR) is 402 cm³/mol. The minimum absolute atomic E-state index is 0. The van der Waals surface area contributed by atoms with E-state index in [9.17, 15) is 0 Å². The van der Waals surface area contributed by atoms with E-state index in [0.717, 1.165) is 0 Å². The molecule has 0 saturated carbocycles. The molecule has 0 atom stereocenters. The van der Waals surface area contributed by atoms with Crippen molar-refractivity contribution in [2.75, 3.05) is 0 Å². The second-order valence-electron chi connectivity index (χ2n) is 20.4. The maximum Gasteiger partial charge on any atom is 0.148 e. The third-order valence-electron chi connectivity index (χ3n) is 12.7. The Hall–Kier alpha value is -5.00. The minimum Gasteiger partial charge on any atom is -0.368 e. The maximum atomic E-state index is 7.61. The molecule has 0 fully saturated rings. The fourth-order valence-electron chi connectivity index (χ4n) is 9.26. The molecule has 0 aliphatic heterocycles. The SMILES string of the molecule is CC(O)O.CC(O)O.CC(O)O.CC(O)O.[Ag].[Ag].[Ag].[Ag].c1ccc([PH+](c2ccccc2)c2ccccc2)cc1.c1ccc([PH+](c2ccccc2)c2ccccc2)cc1.c1ccc([PH+](c2ccccc2)c2ccccc2)cc1.c1ccc([PH+](c2ccccc2)c2ccccc2)cc1. The Labute approximate surface area is 636 Å². The second kappa shape index (κ2) is 53.9. The minimum atomic E-state index is -1.17. The summed E-state index contributed by atoms with van der Waals surface area (Å²) in [5.41, 5.74) is 0. The van der Waals surface area contributed by atoms with Gasteiger partial charge in [-0.2, -0.15) is 0 Å². The zero-order valence-corrected chi connectivity index (χ0v) is 63.7. The van der Waals surface area contributed by atoms with Crippen LogP contribution in [0.5, 0.6) is 0 Å².